The van der Waals surface area contributed by atoms with E-state index in [1.807, 2.05) is 39.9 Å². The molecule has 3 nitrogen and oxygen atoms in total. The number of amides is 1. The van der Waals surface area contributed by atoms with Crippen molar-refractivity contribution in [3.8, 4) is 0 Å². The van der Waals surface area contributed by atoms with E-state index in [0.717, 1.165) is 21.9 Å². The third-order valence-electron chi connectivity index (χ3n) is 3.49. The lowest BCUT2D eigenvalue weighted by molar-refractivity contribution is -0.117. The molecule has 0 bridgehead atoms. The highest BCUT2D eigenvalue weighted by atomic mass is 32.1. The molecule has 1 aromatic carbocycles. The largest absolute Gasteiger partial charge is 0.325 e. The molecule has 0 aliphatic carbocycles. The van der Waals surface area contributed by atoms with E-state index in [-0.39, 0.29) is 18.1 Å². The Kier molecular flexibility index (Phi) is 5.91. The normalized spacial score (nSPS) is 11.0. The summed E-state index contributed by atoms with van der Waals surface area (Å²) in [5.41, 5.74) is 0.246. The van der Waals surface area contributed by atoms with Crippen LogP contribution in [-0.2, 0) is 17.9 Å². The maximum absolute atomic E-state index is 13.3. The molecule has 0 fully saturated rings. The number of carbonyl (C=O) groups excluding carboxylic acids is 1. The van der Waals surface area contributed by atoms with Crippen LogP contribution in [0.3, 0.4) is 0 Å². The summed E-state index contributed by atoms with van der Waals surface area (Å²) in [4.78, 5) is 16.7. The standard InChI is InChI=1S/C18H16F2N2OS2/c19-16-6-5-13(9-17(16)20)21-18(23)12-22(10-14-3-1-7-24-14)11-15-4-2-8-25-15/h1-9H,10-12H2,(H,21,23). The molecule has 130 valence electrons. The molecule has 2 aromatic heterocycles. The van der Waals surface area contributed by atoms with Gasteiger partial charge in [0.15, 0.2) is 11.6 Å². The molecule has 7 heteroatoms. The van der Waals surface area contributed by atoms with Gasteiger partial charge in [-0.1, -0.05) is 12.1 Å². The Morgan fingerprint density at radius 3 is 2.12 bits per heavy atom. The third kappa shape index (κ3) is 5.19. The van der Waals surface area contributed by atoms with Gasteiger partial charge in [-0.3, -0.25) is 9.69 Å². The lowest BCUT2D eigenvalue weighted by Crippen LogP contribution is -2.32. The van der Waals surface area contributed by atoms with E-state index < -0.39 is 11.6 Å². The van der Waals surface area contributed by atoms with Crippen LogP contribution in [0.2, 0.25) is 0 Å². The summed E-state index contributed by atoms with van der Waals surface area (Å²) < 4.78 is 26.2. The molecule has 25 heavy (non-hydrogen) atoms. The highest BCUT2D eigenvalue weighted by molar-refractivity contribution is 7.10. The quantitative estimate of drug-likeness (QED) is 0.645. The Morgan fingerprint density at radius 1 is 0.960 bits per heavy atom. The van der Waals surface area contributed by atoms with Crippen LogP contribution in [0.25, 0.3) is 0 Å². The van der Waals surface area contributed by atoms with Gasteiger partial charge < -0.3 is 5.32 Å². The minimum Gasteiger partial charge on any atom is -0.325 e. The Morgan fingerprint density at radius 2 is 1.60 bits per heavy atom. The number of nitrogens with zero attached hydrogens (tertiary/aromatic N) is 1. The highest BCUT2D eigenvalue weighted by Gasteiger charge is 2.14. The monoisotopic (exact) mass is 378 g/mol. The topological polar surface area (TPSA) is 32.3 Å². The van der Waals surface area contributed by atoms with Gasteiger partial charge in [0.2, 0.25) is 5.91 Å². The van der Waals surface area contributed by atoms with Gasteiger partial charge in [0, 0.05) is 34.6 Å². The fourth-order valence-corrected chi connectivity index (χ4v) is 3.88. The van der Waals surface area contributed by atoms with Crippen LogP contribution in [0.5, 0.6) is 0 Å². The van der Waals surface area contributed by atoms with Gasteiger partial charge in [-0.25, -0.2) is 8.78 Å². The van der Waals surface area contributed by atoms with Crippen molar-refractivity contribution >= 4 is 34.3 Å². The number of halogens is 2. The molecule has 0 aliphatic rings. The zero-order valence-electron chi connectivity index (χ0n) is 13.2. The molecule has 0 saturated carbocycles. The van der Waals surface area contributed by atoms with Crippen LogP contribution in [0.1, 0.15) is 9.75 Å². The molecule has 0 spiro atoms. The van der Waals surface area contributed by atoms with Crippen LogP contribution in [0.15, 0.2) is 53.2 Å². The van der Waals surface area contributed by atoms with Gasteiger partial charge >= 0.3 is 0 Å². The lowest BCUT2D eigenvalue weighted by atomic mass is 10.3. The van der Waals surface area contributed by atoms with Crippen molar-refractivity contribution in [2.24, 2.45) is 0 Å². The molecular weight excluding hydrogens is 362 g/mol. The maximum Gasteiger partial charge on any atom is 0.238 e. The Bertz CT molecular complexity index is 783. The number of hydrogen-bond acceptors (Lipinski definition) is 4. The van der Waals surface area contributed by atoms with E-state index in [1.165, 1.54) is 6.07 Å². The van der Waals surface area contributed by atoms with Crippen LogP contribution in [0.4, 0.5) is 14.5 Å². The van der Waals surface area contributed by atoms with Gasteiger partial charge in [0.1, 0.15) is 0 Å². The summed E-state index contributed by atoms with van der Waals surface area (Å²) in [7, 11) is 0. The van der Waals surface area contributed by atoms with Crippen LogP contribution in [0, 0.1) is 11.6 Å². The Hall–Kier alpha value is -2.09. The molecule has 0 aliphatic heterocycles. The summed E-state index contributed by atoms with van der Waals surface area (Å²) in [6, 6.07) is 11.3. The predicted molar refractivity (Wildman–Crippen MR) is 97.7 cm³/mol. The molecule has 0 radical (unpaired) electrons. The SMILES string of the molecule is O=C(CN(Cc1cccs1)Cc1cccs1)Nc1ccc(F)c(F)c1. The summed E-state index contributed by atoms with van der Waals surface area (Å²) >= 11 is 3.27. The van der Waals surface area contributed by atoms with Gasteiger partial charge in [-0.15, -0.1) is 22.7 Å². The van der Waals surface area contributed by atoms with Crippen molar-refractivity contribution in [2.75, 3.05) is 11.9 Å². The fourth-order valence-electron chi connectivity index (χ4n) is 2.39. The predicted octanol–water partition coefficient (Wildman–Crippen LogP) is 4.73. The van der Waals surface area contributed by atoms with Crippen molar-refractivity contribution in [1.29, 1.82) is 0 Å². The van der Waals surface area contributed by atoms with Gasteiger partial charge in [-0.2, -0.15) is 0 Å². The van der Waals surface area contributed by atoms with Crippen molar-refractivity contribution < 1.29 is 13.6 Å². The number of rotatable bonds is 7. The first-order valence-corrected chi connectivity index (χ1v) is 9.38. The Labute approximate surface area is 152 Å². The molecule has 0 atom stereocenters. The van der Waals surface area contributed by atoms with Crippen molar-refractivity contribution in [3.05, 3.63) is 74.6 Å². The minimum absolute atomic E-state index is 0.162. The zero-order chi connectivity index (χ0) is 17.6. The van der Waals surface area contributed by atoms with Crippen LogP contribution >= 0.6 is 22.7 Å². The number of anilines is 1. The molecule has 3 aromatic rings. The van der Waals surface area contributed by atoms with Gasteiger partial charge in [0.05, 0.1) is 6.54 Å². The van der Waals surface area contributed by atoms with Crippen molar-refractivity contribution in [3.63, 3.8) is 0 Å². The number of thiophene rings is 2. The second-order valence-electron chi connectivity index (χ2n) is 5.48. The fraction of sp³-hybridized carbons (Fsp3) is 0.167. The molecule has 3 rings (SSSR count). The first-order valence-electron chi connectivity index (χ1n) is 7.62. The van der Waals surface area contributed by atoms with E-state index in [2.05, 4.69) is 5.32 Å². The van der Waals surface area contributed by atoms with Crippen LogP contribution in [-0.4, -0.2) is 17.4 Å². The van der Waals surface area contributed by atoms with E-state index >= 15 is 0 Å². The number of benzene rings is 1. The molecule has 0 unspecified atom stereocenters. The smallest absolute Gasteiger partial charge is 0.238 e. The van der Waals surface area contributed by atoms with E-state index in [1.54, 1.807) is 22.7 Å². The average Bonchev–Trinajstić information content (AvgIpc) is 3.25. The maximum atomic E-state index is 13.3. The summed E-state index contributed by atoms with van der Waals surface area (Å²) in [5, 5.41) is 6.62. The molecule has 0 saturated heterocycles. The van der Waals surface area contributed by atoms with E-state index in [0.29, 0.717) is 13.1 Å². The average molecular weight is 378 g/mol. The molecule has 1 amide bonds. The van der Waals surface area contributed by atoms with Gasteiger partial charge in [-0.05, 0) is 35.0 Å². The first kappa shape index (κ1) is 17.7. The highest BCUT2D eigenvalue weighted by Crippen LogP contribution is 2.18. The first-order chi connectivity index (χ1) is 12.1. The number of carbonyl (C=O) groups is 1. The van der Waals surface area contributed by atoms with Crippen molar-refractivity contribution in [1.82, 2.24) is 4.90 Å². The van der Waals surface area contributed by atoms with Crippen LogP contribution < -0.4 is 5.32 Å². The lowest BCUT2D eigenvalue weighted by Gasteiger charge is -2.20. The minimum atomic E-state index is -0.980. The van der Waals surface area contributed by atoms with Gasteiger partial charge in [0.25, 0.3) is 0 Å². The summed E-state index contributed by atoms with van der Waals surface area (Å²) in [6.07, 6.45) is 0. The summed E-state index contributed by atoms with van der Waals surface area (Å²) in [6.45, 7) is 1.47. The van der Waals surface area contributed by atoms with E-state index in [4.69, 9.17) is 0 Å². The number of nitrogens with one attached hydrogen (secondary N) is 1. The second-order valence-corrected chi connectivity index (χ2v) is 7.55. The number of hydrogen-bond donors (Lipinski definition) is 1. The third-order valence-corrected chi connectivity index (χ3v) is 5.21. The molecule has 1 N–H and O–H groups in total. The zero-order valence-corrected chi connectivity index (χ0v) is 14.9. The Balaban J connectivity index is 1.65. The summed E-state index contributed by atoms with van der Waals surface area (Å²) in [5.74, 6) is -2.18. The van der Waals surface area contributed by atoms with Crippen molar-refractivity contribution in [2.45, 2.75) is 13.1 Å². The molecular formula is C18H16F2N2OS2. The second kappa shape index (κ2) is 8.33. The molecule has 2 heterocycles. The van der Waals surface area contributed by atoms with E-state index in [9.17, 15) is 13.6 Å².